The SMILES string of the molecule is NC(N)=NC(=O)C(Cc1ccccc1)c1ccc(C(F)(F)F)cc1. The van der Waals surface area contributed by atoms with Gasteiger partial charge in [0.1, 0.15) is 0 Å². The fraction of sp³-hybridized carbons (Fsp3) is 0.176. The van der Waals surface area contributed by atoms with Gasteiger partial charge in [0.25, 0.3) is 5.91 Å². The molecule has 0 spiro atoms. The van der Waals surface area contributed by atoms with E-state index in [1.54, 1.807) is 0 Å². The van der Waals surface area contributed by atoms with Gasteiger partial charge in [-0.2, -0.15) is 18.2 Å². The average molecular weight is 335 g/mol. The van der Waals surface area contributed by atoms with Crippen molar-refractivity contribution >= 4 is 11.9 Å². The van der Waals surface area contributed by atoms with Crippen LogP contribution in [0.2, 0.25) is 0 Å². The minimum Gasteiger partial charge on any atom is -0.370 e. The van der Waals surface area contributed by atoms with E-state index in [2.05, 4.69) is 4.99 Å². The molecular formula is C17H16F3N3O. The zero-order chi connectivity index (χ0) is 17.7. The van der Waals surface area contributed by atoms with Gasteiger partial charge in [-0.25, -0.2) is 0 Å². The Bertz CT molecular complexity index is 721. The molecule has 4 nitrogen and oxygen atoms in total. The van der Waals surface area contributed by atoms with Crippen LogP contribution in [0.4, 0.5) is 13.2 Å². The van der Waals surface area contributed by atoms with Gasteiger partial charge in [0.2, 0.25) is 0 Å². The molecule has 1 atom stereocenters. The van der Waals surface area contributed by atoms with Gasteiger partial charge in [0, 0.05) is 0 Å². The van der Waals surface area contributed by atoms with Crippen LogP contribution in [0.5, 0.6) is 0 Å². The highest BCUT2D eigenvalue weighted by Crippen LogP contribution is 2.31. The van der Waals surface area contributed by atoms with Crippen LogP contribution in [-0.2, 0) is 17.4 Å². The summed E-state index contributed by atoms with van der Waals surface area (Å²) in [7, 11) is 0. The minimum absolute atomic E-state index is 0.280. The molecule has 0 aromatic heterocycles. The van der Waals surface area contributed by atoms with Crippen LogP contribution >= 0.6 is 0 Å². The molecule has 0 saturated heterocycles. The molecule has 4 N–H and O–H groups in total. The largest absolute Gasteiger partial charge is 0.416 e. The molecule has 0 aliphatic carbocycles. The van der Waals surface area contributed by atoms with Crippen LogP contribution in [-0.4, -0.2) is 11.9 Å². The van der Waals surface area contributed by atoms with Gasteiger partial charge >= 0.3 is 6.18 Å². The standard InChI is InChI=1S/C17H16F3N3O/c18-17(19,20)13-8-6-12(7-9-13)14(15(24)23-16(21)22)10-11-4-2-1-3-5-11/h1-9,14H,10H2,(H4,21,22,23,24). The van der Waals surface area contributed by atoms with E-state index in [1.165, 1.54) is 12.1 Å². The molecule has 0 aliphatic rings. The predicted octanol–water partition coefficient (Wildman–Crippen LogP) is 2.83. The third-order valence-corrected chi connectivity index (χ3v) is 3.46. The summed E-state index contributed by atoms with van der Waals surface area (Å²) < 4.78 is 38.0. The lowest BCUT2D eigenvalue weighted by Crippen LogP contribution is -2.26. The Hall–Kier alpha value is -2.83. The quantitative estimate of drug-likeness (QED) is 0.666. The molecular weight excluding hydrogens is 319 g/mol. The molecule has 2 aromatic carbocycles. The molecule has 0 radical (unpaired) electrons. The molecule has 1 amide bonds. The molecule has 0 fully saturated rings. The first-order valence-corrected chi connectivity index (χ1v) is 7.12. The van der Waals surface area contributed by atoms with Crippen LogP contribution in [0, 0.1) is 0 Å². The lowest BCUT2D eigenvalue weighted by molar-refractivity contribution is -0.137. The molecule has 0 bridgehead atoms. The maximum absolute atomic E-state index is 12.7. The normalized spacial score (nSPS) is 12.5. The fourth-order valence-corrected chi connectivity index (χ4v) is 2.31. The van der Waals surface area contributed by atoms with Gasteiger partial charge in [-0.3, -0.25) is 4.79 Å². The third kappa shape index (κ3) is 4.58. The summed E-state index contributed by atoms with van der Waals surface area (Å²) in [4.78, 5) is 15.8. The highest BCUT2D eigenvalue weighted by Gasteiger charge is 2.30. The first-order chi connectivity index (χ1) is 11.3. The summed E-state index contributed by atoms with van der Waals surface area (Å²) in [5.74, 6) is -1.75. The van der Waals surface area contributed by atoms with E-state index in [0.717, 1.165) is 17.7 Å². The van der Waals surface area contributed by atoms with Gasteiger partial charge in [0.15, 0.2) is 5.96 Å². The maximum Gasteiger partial charge on any atom is 0.416 e. The Balaban J connectivity index is 2.35. The zero-order valence-electron chi connectivity index (χ0n) is 12.6. The van der Waals surface area contributed by atoms with Crippen LogP contribution in [0.15, 0.2) is 59.6 Å². The van der Waals surface area contributed by atoms with E-state index in [9.17, 15) is 18.0 Å². The Morgan fingerprint density at radius 3 is 2.08 bits per heavy atom. The monoisotopic (exact) mass is 335 g/mol. The van der Waals surface area contributed by atoms with Crippen LogP contribution in [0.25, 0.3) is 0 Å². The van der Waals surface area contributed by atoms with Gasteiger partial charge in [-0.1, -0.05) is 42.5 Å². The second-order valence-electron chi connectivity index (χ2n) is 5.24. The molecule has 2 rings (SSSR count). The number of aliphatic imine (C=N–C) groups is 1. The van der Waals surface area contributed by atoms with E-state index in [1.807, 2.05) is 30.3 Å². The summed E-state index contributed by atoms with van der Waals surface area (Å²) in [6.07, 6.45) is -4.15. The van der Waals surface area contributed by atoms with Gasteiger partial charge in [-0.15, -0.1) is 0 Å². The van der Waals surface area contributed by atoms with Crippen molar-refractivity contribution in [2.75, 3.05) is 0 Å². The summed E-state index contributed by atoms with van der Waals surface area (Å²) >= 11 is 0. The Morgan fingerprint density at radius 2 is 1.58 bits per heavy atom. The van der Waals surface area contributed by atoms with E-state index < -0.39 is 23.6 Å². The molecule has 7 heteroatoms. The van der Waals surface area contributed by atoms with Crippen molar-refractivity contribution in [2.24, 2.45) is 16.5 Å². The molecule has 24 heavy (non-hydrogen) atoms. The Labute approximate surface area is 137 Å². The summed E-state index contributed by atoms with van der Waals surface area (Å²) in [5, 5.41) is 0. The molecule has 0 heterocycles. The van der Waals surface area contributed by atoms with Crippen molar-refractivity contribution in [1.82, 2.24) is 0 Å². The second-order valence-corrected chi connectivity index (χ2v) is 5.24. The van der Waals surface area contributed by atoms with Crippen molar-refractivity contribution in [3.8, 4) is 0 Å². The van der Waals surface area contributed by atoms with Crippen LogP contribution in [0.1, 0.15) is 22.6 Å². The number of rotatable bonds is 4. The fourth-order valence-electron chi connectivity index (χ4n) is 2.31. The molecule has 1 unspecified atom stereocenters. The minimum atomic E-state index is -4.43. The Kier molecular flexibility index (Phi) is 5.23. The van der Waals surface area contributed by atoms with Crippen LogP contribution in [0.3, 0.4) is 0 Å². The number of carbonyl (C=O) groups is 1. The lowest BCUT2D eigenvalue weighted by atomic mass is 9.90. The van der Waals surface area contributed by atoms with E-state index >= 15 is 0 Å². The van der Waals surface area contributed by atoms with Gasteiger partial charge < -0.3 is 11.5 Å². The zero-order valence-corrected chi connectivity index (χ0v) is 12.6. The van der Waals surface area contributed by atoms with E-state index in [4.69, 9.17) is 11.5 Å². The smallest absolute Gasteiger partial charge is 0.370 e. The number of amides is 1. The van der Waals surface area contributed by atoms with Crippen molar-refractivity contribution in [2.45, 2.75) is 18.5 Å². The number of guanidine groups is 1. The molecule has 0 saturated carbocycles. The predicted molar refractivity (Wildman–Crippen MR) is 85.1 cm³/mol. The molecule has 126 valence electrons. The van der Waals surface area contributed by atoms with Gasteiger partial charge in [-0.05, 0) is 29.7 Å². The number of nitrogens with two attached hydrogens (primary N) is 2. The summed E-state index contributed by atoms with van der Waals surface area (Å²) in [6.45, 7) is 0. The van der Waals surface area contributed by atoms with Crippen molar-refractivity contribution in [1.29, 1.82) is 0 Å². The first-order valence-electron chi connectivity index (χ1n) is 7.12. The third-order valence-electron chi connectivity index (χ3n) is 3.46. The van der Waals surface area contributed by atoms with Gasteiger partial charge in [0.05, 0.1) is 11.5 Å². The Morgan fingerprint density at radius 1 is 1.00 bits per heavy atom. The number of hydrogen-bond acceptors (Lipinski definition) is 1. The maximum atomic E-state index is 12.7. The average Bonchev–Trinajstić information content (AvgIpc) is 2.52. The first kappa shape index (κ1) is 17.5. The number of carbonyl (C=O) groups excluding carboxylic acids is 1. The number of benzene rings is 2. The number of hydrogen-bond donors (Lipinski definition) is 2. The summed E-state index contributed by atoms with van der Waals surface area (Å²) in [6, 6.07) is 13.5. The van der Waals surface area contributed by atoms with Crippen LogP contribution < -0.4 is 11.5 Å². The highest BCUT2D eigenvalue weighted by atomic mass is 19.4. The second kappa shape index (κ2) is 7.16. The topological polar surface area (TPSA) is 81.5 Å². The summed E-state index contributed by atoms with van der Waals surface area (Å²) in [5.41, 5.74) is 11.0. The lowest BCUT2D eigenvalue weighted by Gasteiger charge is -2.15. The number of nitrogens with zero attached hydrogens (tertiary/aromatic N) is 1. The van der Waals surface area contributed by atoms with Crippen molar-refractivity contribution < 1.29 is 18.0 Å². The van der Waals surface area contributed by atoms with Crippen molar-refractivity contribution in [3.05, 3.63) is 71.3 Å². The highest BCUT2D eigenvalue weighted by molar-refractivity contribution is 5.95. The molecule has 0 aliphatic heterocycles. The van der Waals surface area contributed by atoms with E-state index in [-0.39, 0.29) is 12.4 Å². The van der Waals surface area contributed by atoms with E-state index in [0.29, 0.717) is 5.56 Å². The van der Waals surface area contributed by atoms with Crippen molar-refractivity contribution in [3.63, 3.8) is 0 Å². The number of alkyl halides is 3. The molecule has 2 aromatic rings. The number of halogens is 3.